The van der Waals surface area contributed by atoms with E-state index in [2.05, 4.69) is 16.0 Å². The van der Waals surface area contributed by atoms with Crippen molar-refractivity contribution >= 4 is 23.6 Å². The Morgan fingerprint density at radius 1 is 0.875 bits per heavy atom. The molecule has 4 amide bonds. The highest BCUT2D eigenvalue weighted by molar-refractivity contribution is 6.38. The zero-order chi connectivity index (χ0) is 28.2. The zero-order valence-corrected chi connectivity index (χ0v) is 23.4. The molecule has 1 saturated heterocycles. The molecule has 3 aliphatic rings. The fourth-order valence-electron chi connectivity index (χ4n) is 5.80. The van der Waals surface area contributed by atoms with Gasteiger partial charge in [0.1, 0.15) is 12.1 Å². The van der Waals surface area contributed by atoms with Crippen LogP contribution in [0.4, 0.5) is 4.79 Å². The molecule has 2 saturated carbocycles. The van der Waals surface area contributed by atoms with Crippen molar-refractivity contribution in [2.24, 2.45) is 5.92 Å². The molecule has 40 heavy (non-hydrogen) atoms. The first-order valence-electron chi connectivity index (χ1n) is 14.9. The number of morpholine rings is 1. The van der Waals surface area contributed by atoms with Gasteiger partial charge in [-0.3, -0.25) is 14.4 Å². The number of amides is 4. The molecule has 2 atom stereocenters. The average Bonchev–Trinajstić information content (AvgIpc) is 3.50. The van der Waals surface area contributed by atoms with Crippen molar-refractivity contribution in [2.75, 3.05) is 32.9 Å². The van der Waals surface area contributed by atoms with E-state index in [-0.39, 0.29) is 25.3 Å². The smallest absolute Gasteiger partial charge is 0.318 e. The number of carbonyl (C=O) groups excluding carboxylic acids is 4. The van der Waals surface area contributed by atoms with Crippen LogP contribution in [0.25, 0.3) is 0 Å². The molecule has 0 radical (unpaired) electrons. The van der Waals surface area contributed by atoms with Gasteiger partial charge in [-0.1, -0.05) is 75.3 Å². The van der Waals surface area contributed by atoms with Crippen LogP contribution in [0.5, 0.6) is 0 Å². The van der Waals surface area contributed by atoms with Crippen molar-refractivity contribution in [1.29, 1.82) is 0 Å². The SMILES string of the molecule is O=C(NC1CCCC1)C(=O)[C@@H](COCc1ccccc1)NC(=O)[C@H](CC1CCCCC1)NC(=O)N1CCOCC1. The van der Waals surface area contributed by atoms with E-state index in [1.54, 1.807) is 4.90 Å². The van der Waals surface area contributed by atoms with Crippen molar-refractivity contribution < 1.29 is 28.7 Å². The lowest BCUT2D eigenvalue weighted by atomic mass is 9.84. The molecule has 1 aromatic rings. The second-order valence-electron chi connectivity index (χ2n) is 11.2. The molecule has 10 nitrogen and oxygen atoms in total. The molecule has 1 aromatic carbocycles. The molecular formula is C30H44N4O6. The Labute approximate surface area is 236 Å². The first-order valence-corrected chi connectivity index (χ1v) is 14.9. The van der Waals surface area contributed by atoms with Crippen LogP contribution in [0.15, 0.2) is 30.3 Å². The highest BCUT2D eigenvalue weighted by atomic mass is 16.5. The maximum Gasteiger partial charge on any atom is 0.318 e. The molecule has 2 aliphatic carbocycles. The Balaban J connectivity index is 1.43. The molecule has 3 N–H and O–H groups in total. The number of hydrogen-bond acceptors (Lipinski definition) is 6. The maximum absolute atomic E-state index is 13.6. The fraction of sp³-hybridized carbons (Fsp3) is 0.667. The summed E-state index contributed by atoms with van der Waals surface area (Å²) in [6.07, 6.45) is 9.61. The topological polar surface area (TPSA) is 126 Å². The molecule has 1 heterocycles. The first kappa shape index (κ1) is 30.0. The predicted molar refractivity (Wildman–Crippen MR) is 149 cm³/mol. The monoisotopic (exact) mass is 556 g/mol. The minimum absolute atomic E-state index is 0.0232. The Morgan fingerprint density at radius 3 is 2.25 bits per heavy atom. The molecule has 4 rings (SSSR count). The minimum atomic E-state index is -1.16. The molecule has 220 valence electrons. The number of rotatable bonds is 12. The highest BCUT2D eigenvalue weighted by Crippen LogP contribution is 2.27. The second kappa shape index (κ2) is 15.7. The van der Waals surface area contributed by atoms with Gasteiger partial charge in [0.05, 0.1) is 26.4 Å². The van der Waals surface area contributed by atoms with Crippen LogP contribution in [0.2, 0.25) is 0 Å². The molecule has 3 fully saturated rings. The first-order chi connectivity index (χ1) is 19.5. The van der Waals surface area contributed by atoms with Crippen LogP contribution in [0.1, 0.15) is 69.8 Å². The van der Waals surface area contributed by atoms with Crippen molar-refractivity contribution in [3.63, 3.8) is 0 Å². The quantitative estimate of drug-likeness (QED) is 0.340. The summed E-state index contributed by atoms with van der Waals surface area (Å²) in [5, 5.41) is 8.52. The van der Waals surface area contributed by atoms with E-state index < -0.39 is 29.7 Å². The van der Waals surface area contributed by atoms with Gasteiger partial charge in [0, 0.05) is 19.1 Å². The predicted octanol–water partition coefficient (Wildman–Crippen LogP) is 2.70. The summed E-state index contributed by atoms with van der Waals surface area (Å²) in [5.74, 6) is -1.60. The molecule has 0 aromatic heterocycles. The van der Waals surface area contributed by atoms with E-state index in [0.717, 1.165) is 56.9 Å². The summed E-state index contributed by atoms with van der Waals surface area (Å²) < 4.78 is 11.2. The van der Waals surface area contributed by atoms with E-state index in [0.29, 0.717) is 38.6 Å². The average molecular weight is 557 g/mol. The Morgan fingerprint density at radius 2 is 1.55 bits per heavy atom. The number of ether oxygens (including phenoxy) is 2. The van der Waals surface area contributed by atoms with Gasteiger partial charge in [0.15, 0.2) is 0 Å². The number of nitrogens with one attached hydrogen (secondary N) is 3. The van der Waals surface area contributed by atoms with Gasteiger partial charge in [-0.15, -0.1) is 0 Å². The summed E-state index contributed by atoms with van der Waals surface area (Å²) in [7, 11) is 0. The number of carbonyl (C=O) groups is 4. The van der Waals surface area contributed by atoms with Gasteiger partial charge in [-0.25, -0.2) is 4.79 Å². The highest BCUT2D eigenvalue weighted by Gasteiger charge is 2.34. The lowest BCUT2D eigenvalue weighted by Crippen LogP contribution is -2.58. The Hall–Kier alpha value is -2.98. The van der Waals surface area contributed by atoms with Crippen LogP contribution in [-0.4, -0.2) is 79.6 Å². The summed E-state index contributed by atoms with van der Waals surface area (Å²) in [5.41, 5.74) is 0.920. The molecule has 10 heteroatoms. The van der Waals surface area contributed by atoms with Crippen molar-refractivity contribution in [3.8, 4) is 0 Å². The van der Waals surface area contributed by atoms with Crippen molar-refractivity contribution in [3.05, 3.63) is 35.9 Å². The fourth-order valence-corrected chi connectivity index (χ4v) is 5.80. The number of Topliss-reactive ketones (excluding diaryl/α,β-unsaturated/α-hetero) is 1. The Bertz CT molecular complexity index is 972. The van der Waals surface area contributed by atoms with Crippen LogP contribution in [-0.2, 0) is 30.5 Å². The second-order valence-corrected chi connectivity index (χ2v) is 11.2. The summed E-state index contributed by atoms with van der Waals surface area (Å²) in [6.45, 7) is 1.92. The lowest BCUT2D eigenvalue weighted by molar-refractivity contribution is -0.141. The third-order valence-corrected chi connectivity index (χ3v) is 8.15. The summed E-state index contributed by atoms with van der Waals surface area (Å²) >= 11 is 0. The van der Waals surface area contributed by atoms with Gasteiger partial charge in [0.25, 0.3) is 5.91 Å². The van der Waals surface area contributed by atoms with Crippen molar-refractivity contribution in [1.82, 2.24) is 20.9 Å². The van der Waals surface area contributed by atoms with Gasteiger partial charge < -0.3 is 30.3 Å². The number of nitrogens with zero attached hydrogens (tertiary/aromatic N) is 1. The van der Waals surface area contributed by atoms with Gasteiger partial charge in [-0.2, -0.15) is 0 Å². The van der Waals surface area contributed by atoms with Crippen LogP contribution in [0, 0.1) is 5.92 Å². The van der Waals surface area contributed by atoms with E-state index in [1.807, 2.05) is 30.3 Å². The van der Waals surface area contributed by atoms with Gasteiger partial charge >= 0.3 is 6.03 Å². The number of ketones is 1. The Kier molecular flexibility index (Phi) is 11.8. The van der Waals surface area contributed by atoms with Crippen LogP contribution < -0.4 is 16.0 Å². The third kappa shape index (κ3) is 9.30. The molecule has 0 spiro atoms. The largest absolute Gasteiger partial charge is 0.378 e. The normalized spacial score (nSPS) is 19.9. The molecular weight excluding hydrogens is 512 g/mol. The molecule has 0 bridgehead atoms. The summed E-state index contributed by atoms with van der Waals surface area (Å²) in [4.78, 5) is 54.5. The third-order valence-electron chi connectivity index (χ3n) is 8.15. The van der Waals surface area contributed by atoms with E-state index in [4.69, 9.17) is 9.47 Å². The van der Waals surface area contributed by atoms with Crippen LogP contribution in [0.3, 0.4) is 0 Å². The maximum atomic E-state index is 13.6. The van der Waals surface area contributed by atoms with Crippen molar-refractivity contribution in [2.45, 2.75) is 88.9 Å². The van der Waals surface area contributed by atoms with E-state index in [9.17, 15) is 19.2 Å². The number of urea groups is 1. The molecule has 0 unspecified atom stereocenters. The molecule has 1 aliphatic heterocycles. The number of benzene rings is 1. The lowest BCUT2D eigenvalue weighted by Gasteiger charge is -2.31. The van der Waals surface area contributed by atoms with Gasteiger partial charge in [0.2, 0.25) is 11.7 Å². The van der Waals surface area contributed by atoms with E-state index >= 15 is 0 Å². The zero-order valence-electron chi connectivity index (χ0n) is 23.4. The van der Waals surface area contributed by atoms with Crippen LogP contribution >= 0.6 is 0 Å². The standard InChI is InChI=1S/C30H44N4O6/c35-27(29(37)31-24-13-7-8-14-24)26(21-40-20-23-11-5-2-6-12-23)32-28(36)25(19-22-9-3-1-4-10-22)33-30(38)34-15-17-39-18-16-34/h2,5-6,11-12,22,24-26H,1,3-4,7-10,13-21H2,(H,31,37)(H,32,36)(H,33,38)/t25-,26+/m0/s1. The summed E-state index contributed by atoms with van der Waals surface area (Å²) in [6, 6.07) is 7.18. The van der Waals surface area contributed by atoms with E-state index in [1.165, 1.54) is 6.42 Å². The van der Waals surface area contributed by atoms with Gasteiger partial charge in [-0.05, 0) is 30.7 Å². The minimum Gasteiger partial charge on any atom is -0.378 e. The number of hydrogen-bond donors (Lipinski definition) is 3.